The molecule has 1 aromatic rings. The number of hydrogen-bond acceptors (Lipinski definition) is 4. The molecule has 1 amide bonds. The molecule has 0 aromatic heterocycles. The molecule has 1 N–H and O–H groups in total. The van der Waals surface area contributed by atoms with Gasteiger partial charge < -0.3 is 10.1 Å². The second-order valence-corrected chi connectivity index (χ2v) is 6.67. The van der Waals surface area contributed by atoms with Crippen molar-refractivity contribution in [3.8, 4) is 5.75 Å². The fourth-order valence-corrected chi connectivity index (χ4v) is 2.21. The number of nitrogens with one attached hydrogen (secondary N) is 1. The van der Waals surface area contributed by atoms with Crippen LogP contribution >= 0.6 is 10.7 Å². The molecule has 20 heavy (non-hydrogen) atoms. The highest BCUT2D eigenvalue weighted by Gasteiger charge is 2.22. The third kappa shape index (κ3) is 4.31. The minimum Gasteiger partial charge on any atom is -0.481 e. The summed E-state index contributed by atoms with van der Waals surface area (Å²) in [4.78, 5) is 10.3. The van der Waals surface area contributed by atoms with E-state index in [0.29, 0.717) is 0 Å². The summed E-state index contributed by atoms with van der Waals surface area (Å²) in [6.45, 7) is 2.91. The Kier molecular flexibility index (Phi) is 5.29. The summed E-state index contributed by atoms with van der Waals surface area (Å²) in [5, 5.41) is 2.49. The number of hydrogen-bond donors (Lipinski definition) is 1. The SMILES string of the molecule is CC(C)NC(=O)COc1ccc(S(=O)(=O)Cl)c(F)c1F. The molecule has 0 bridgehead atoms. The zero-order chi connectivity index (χ0) is 15.5. The van der Waals surface area contributed by atoms with Crippen molar-refractivity contribution in [3.05, 3.63) is 23.8 Å². The van der Waals surface area contributed by atoms with Crippen molar-refractivity contribution >= 4 is 25.6 Å². The molecule has 0 heterocycles. The largest absolute Gasteiger partial charge is 0.481 e. The lowest BCUT2D eigenvalue weighted by Gasteiger charge is -2.11. The first-order valence-corrected chi connectivity index (χ1v) is 7.78. The lowest BCUT2D eigenvalue weighted by Crippen LogP contribution is -2.34. The fourth-order valence-electron chi connectivity index (χ4n) is 1.32. The smallest absolute Gasteiger partial charge is 0.264 e. The third-order valence-electron chi connectivity index (χ3n) is 2.08. The van der Waals surface area contributed by atoms with Gasteiger partial charge in [0.25, 0.3) is 15.0 Å². The summed E-state index contributed by atoms with van der Waals surface area (Å²) < 4.78 is 53.7. The molecule has 112 valence electrons. The predicted octanol–water partition coefficient (Wildman–Crippen LogP) is 1.80. The van der Waals surface area contributed by atoms with Gasteiger partial charge in [-0.15, -0.1) is 0 Å². The van der Waals surface area contributed by atoms with E-state index in [-0.39, 0.29) is 6.04 Å². The number of benzene rings is 1. The van der Waals surface area contributed by atoms with E-state index in [0.717, 1.165) is 12.1 Å². The maximum atomic E-state index is 13.6. The van der Waals surface area contributed by atoms with Crippen LogP contribution in [0.4, 0.5) is 8.78 Å². The van der Waals surface area contributed by atoms with Gasteiger partial charge in [-0.2, -0.15) is 4.39 Å². The topological polar surface area (TPSA) is 72.5 Å². The van der Waals surface area contributed by atoms with Crippen LogP contribution in [0.2, 0.25) is 0 Å². The first-order valence-electron chi connectivity index (χ1n) is 5.47. The monoisotopic (exact) mass is 327 g/mol. The van der Waals surface area contributed by atoms with E-state index in [2.05, 4.69) is 5.32 Å². The van der Waals surface area contributed by atoms with E-state index in [4.69, 9.17) is 15.4 Å². The summed E-state index contributed by atoms with van der Waals surface area (Å²) in [6.07, 6.45) is 0. The van der Waals surface area contributed by atoms with Crippen LogP contribution in [0.3, 0.4) is 0 Å². The van der Waals surface area contributed by atoms with E-state index in [1.807, 2.05) is 0 Å². The Balaban J connectivity index is 2.89. The first-order chi connectivity index (χ1) is 9.12. The average Bonchev–Trinajstić information content (AvgIpc) is 2.28. The molecule has 0 atom stereocenters. The van der Waals surface area contributed by atoms with Crippen LogP contribution in [0.15, 0.2) is 17.0 Å². The van der Waals surface area contributed by atoms with Gasteiger partial charge in [-0.05, 0) is 26.0 Å². The first kappa shape index (κ1) is 16.6. The lowest BCUT2D eigenvalue weighted by molar-refractivity contribution is -0.123. The predicted molar refractivity (Wildman–Crippen MR) is 68.2 cm³/mol. The van der Waals surface area contributed by atoms with Crippen LogP contribution in [0.1, 0.15) is 13.8 Å². The van der Waals surface area contributed by atoms with Crippen LogP contribution < -0.4 is 10.1 Å². The molecule has 0 saturated heterocycles. The molecule has 0 fully saturated rings. The van der Waals surface area contributed by atoms with Crippen molar-refractivity contribution < 1.29 is 26.7 Å². The van der Waals surface area contributed by atoms with E-state index in [9.17, 15) is 22.0 Å². The Hall–Kier alpha value is -1.41. The van der Waals surface area contributed by atoms with E-state index < -0.39 is 43.8 Å². The van der Waals surface area contributed by atoms with Gasteiger partial charge in [0, 0.05) is 16.7 Å². The van der Waals surface area contributed by atoms with Crippen molar-refractivity contribution in [2.75, 3.05) is 6.61 Å². The molecule has 5 nitrogen and oxygen atoms in total. The third-order valence-corrected chi connectivity index (χ3v) is 3.42. The number of halogens is 3. The molecule has 9 heteroatoms. The highest BCUT2D eigenvalue weighted by molar-refractivity contribution is 8.13. The van der Waals surface area contributed by atoms with Crippen molar-refractivity contribution in [1.29, 1.82) is 0 Å². The molecule has 0 aliphatic heterocycles. The minimum atomic E-state index is -4.40. The Bertz CT molecular complexity index is 619. The number of carbonyl (C=O) groups excluding carboxylic acids is 1. The van der Waals surface area contributed by atoms with Gasteiger partial charge in [0.05, 0.1) is 0 Å². The van der Waals surface area contributed by atoms with Crippen molar-refractivity contribution in [1.82, 2.24) is 5.32 Å². The number of ether oxygens (including phenoxy) is 1. The van der Waals surface area contributed by atoms with Crippen LogP contribution in [-0.4, -0.2) is 27.0 Å². The van der Waals surface area contributed by atoms with E-state index in [1.54, 1.807) is 13.8 Å². The van der Waals surface area contributed by atoms with Gasteiger partial charge in [0.1, 0.15) is 4.90 Å². The second-order valence-electron chi connectivity index (χ2n) is 4.14. The Labute approximate surface area is 119 Å². The van der Waals surface area contributed by atoms with Crippen LogP contribution in [0.5, 0.6) is 5.75 Å². The molecule has 0 spiro atoms. The Morgan fingerprint density at radius 2 is 1.95 bits per heavy atom. The van der Waals surface area contributed by atoms with E-state index in [1.165, 1.54) is 0 Å². The van der Waals surface area contributed by atoms with Crippen molar-refractivity contribution in [3.63, 3.8) is 0 Å². The van der Waals surface area contributed by atoms with Gasteiger partial charge in [0.2, 0.25) is 5.82 Å². The maximum absolute atomic E-state index is 13.6. The van der Waals surface area contributed by atoms with Gasteiger partial charge >= 0.3 is 0 Å². The quantitative estimate of drug-likeness (QED) is 0.837. The molecule has 1 rings (SSSR count). The van der Waals surface area contributed by atoms with Gasteiger partial charge in [-0.1, -0.05) is 0 Å². The zero-order valence-electron chi connectivity index (χ0n) is 10.6. The Morgan fingerprint density at radius 1 is 1.35 bits per heavy atom. The number of carbonyl (C=O) groups is 1. The minimum absolute atomic E-state index is 0.128. The molecule has 0 aliphatic carbocycles. The van der Waals surface area contributed by atoms with Crippen LogP contribution in [0, 0.1) is 11.6 Å². The van der Waals surface area contributed by atoms with Gasteiger partial charge in [-0.25, -0.2) is 12.8 Å². The highest BCUT2D eigenvalue weighted by atomic mass is 35.7. The average molecular weight is 328 g/mol. The summed E-state index contributed by atoms with van der Waals surface area (Å²) in [5.41, 5.74) is 0. The maximum Gasteiger partial charge on any atom is 0.264 e. The molecule has 0 unspecified atom stereocenters. The Morgan fingerprint density at radius 3 is 2.45 bits per heavy atom. The molecule has 0 radical (unpaired) electrons. The second kappa shape index (κ2) is 6.36. The van der Waals surface area contributed by atoms with Crippen molar-refractivity contribution in [2.24, 2.45) is 0 Å². The molecule has 1 aromatic carbocycles. The van der Waals surface area contributed by atoms with Gasteiger partial charge in [0.15, 0.2) is 18.2 Å². The summed E-state index contributed by atoms with van der Waals surface area (Å²) in [6, 6.07) is 1.52. The lowest BCUT2D eigenvalue weighted by atomic mass is 10.3. The number of rotatable bonds is 5. The zero-order valence-corrected chi connectivity index (χ0v) is 12.2. The van der Waals surface area contributed by atoms with Crippen LogP contribution in [-0.2, 0) is 13.8 Å². The fraction of sp³-hybridized carbons (Fsp3) is 0.364. The van der Waals surface area contributed by atoms with Gasteiger partial charge in [-0.3, -0.25) is 4.79 Å². The summed E-state index contributed by atoms with van der Waals surface area (Å²) in [7, 11) is 0.536. The summed E-state index contributed by atoms with van der Waals surface area (Å²) in [5.74, 6) is -4.27. The van der Waals surface area contributed by atoms with E-state index >= 15 is 0 Å². The standard InChI is InChI=1S/C11H12ClF2NO4S/c1-6(2)15-9(16)5-19-7-3-4-8(20(12,17)18)11(14)10(7)13/h3-4,6H,5H2,1-2H3,(H,15,16). The molecular formula is C11H12ClF2NO4S. The molecule has 0 aliphatic rings. The van der Waals surface area contributed by atoms with Crippen molar-refractivity contribution in [2.45, 2.75) is 24.8 Å². The normalized spacial score (nSPS) is 11.5. The molecule has 0 saturated carbocycles. The highest BCUT2D eigenvalue weighted by Crippen LogP contribution is 2.27. The number of amides is 1. The van der Waals surface area contributed by atoms with Crippen LogP contribution in [0.25, 0.3) is 0 Å². The summed E-state index contributed by atoms with van der Waals surface area (Å²) >= 11 is 0. The molecular weight excluding hydrogens is 316 g/mol.